The molecule has 0 bridgehead atoms. The van der Waals surface area contributed by atoms with Crippen LogP contribution in [0.2, 0.25) is 0 Å². The van der Waals surface area contributed by atoms with Gasteiger partial charge in [0.1, 0.15) is 0 Å². The SMILES string of the molecule is COCCONC(=O)C1CCCCCC1N. The Bertz CT molecular complexity index is 211. The molecule has 1 saturated carbocycles. The van der Waals surface area contributed by atoms with Crippen molar-refractivity contribution < 1.29 is 14.4 Å². The third kappa shape index (κ3) is 4.47. The van der Waals surface area contributed by atoms with Crippen molar-refractivity contribution >= 4 is 5.91 Å². The summed E-state index contributed by atoms with van der Waals surface area (Å²) in [6.45, 7) is 0.835. The van der Waals surface area contributed by atoms with Gasteiger partial charge in [-0.2, -0.15) is 0 Å². The molecule has 1 aliphatic carbocycles. The standard InChI is InChI=1S/C11H22N2O3/c1-15-7-8-16-13-11(14)9-5-3-2-4-6-10(9)12/h9-10H,2-8,12H2,1H3,(H,13,14). The summed E-state index contributed by atoms with van der Waals surface area (Å²) in [6.07, 6.45) is 5.15. The molecule has 1 rings (SSSR count). The molecule has 0 aliphatic heterocycles. The lowest BCUT2D eigenvalue weighted by atomic mass is 9.95. The summed E-state index contributed by atoms with van der Waals surface area (Å²) >= 11 is 0. The number of hydrogen-bond donors (Lipinski definition) is 2. The number of amides is 1. The molecule has 0 radical (unpaired) electrons. The van der Waals surface area contributed by atoms with Crippen molar-refractivity contribution in [2.24, 2.45) is 11.7 Å². The third-order valence-corrected chi connectivity index (χ3v) is 2.97. The Balaban J connectivity index is 2.27. The highest BCUT2D eigenvalue weighted by molar-refractivity contribution is 5.78. The van der Waals surface area contributed by atoms with Crippen molar-refractivity contribution in [1.82, 2.24) is 5.48 Å². The first-order chi connectivity index (χ1) is 7.75. The molecule has 1 fully saturated rings. The van der Waals surface area contributed by atoms with Crippen LogP contribution >= 0.6 is 0 Å². The first-order valence-corrected chi connectivity index (χ1v) is 5.92. The zero-order chi connectivity index (χ0) is 11.8. The first-order valence-electron chi connectivity index (χ1n) is 5.92. The summed E-state index contributed by atoms with van der Waals surface area (Å²) < 4.78 is 4.81. The van der Waals surface area contributed by atoms with Gasteiger partial charge in [0.05, 0.1) is 19.1 Å². The molecule has 0 aromatic heterocycles. The zero-order valence-electron chi connectivity index (χ0n) is 9.91. The number of hydroxylamine groups is 1. The first kappa shape index (κ1) is 13.4. The van der Waals surface area contributed by atoms with Gasteiger partial charge in [0, 0.05) is 13.2 Å². The Morgan fingerprint density at radius 3 is 2.81 bits per heavy atom. The fourth-order valence-electron chi connectivity index (χ4n) is 1.98. The van der Waals surface area contributed by atoms with E-state index in [2.05, 4.69) is 5.48 Å². The lowest BCUT2D eigenvalue weighted by Crippen LogP contribution is -2.41. The summed E-state index contributed by atoms with van der Waals surface area (Å²) in [4.78, 5) is 16.8. The topological polar surface area (TPSA) is 73.6 Å². The van der Waals surface area contributed by atoms with Crippen molar-refractivity contribution in [2.75, 3.05) is 20.3 Å². The van der Waals surface area contributed by atoms with E-state index in [4.69, 9.17) is 15.3 Å². The minimum absolute atomic E-state index is 0.0338. The van der Waals surface area contributed by atoms with E-state index in [-0.39, 0.29) is 17.9 Å². The molecule has 1 amide bonds. The van der Waals surface area contributed by atoms with Gasteiger partial charge in [0.2, 0.25) is 5.91 Å². The molecule has 2 atom stereocenters. The highest BCUT2D eigenvalue weighted by atomic mass is 16.7. The van der Waals surface area contributed by atoms with Crippen LogP contribution in [0, 0.1) is 5.92 Å². The molecule has 5 heteroatoms. The predicted octanol–water partition coefficient (Wildman–Crippen LogP) is 0.588. The minimum Gasteiger partial charge on any atom is -0.382 e. The normalized spacial score (nSPS) is 26.1. The quantitative estimate of drug-likeness (QED) is 0.412. The number of methoxy groups -OCH3 is 1. The Labute approximate surface area is 96.6 Å². The summed E-state index contributed by atoms with van der Waals surface area (Å²) in [5.74, 6) is -0.199. The molecule has 5 nitrogen and oxygen atoms in total. The molecule has 0 saturated heterocycles. The molecule has 3 N–H and O–H groups in total. The Kier molecular flexibility index (Phi) is 6.37. The second kappa shape index (κ2) is 7.60. The minimum atomic E-state index is -0.106. The van der Waals surface area contributed by atoms with E-state index in [0.29, 0.717) is 13.2 Å². The average molecular weight is 230 g/mol. The maximum Gasteiger partial charge on any atom is 0.248 e. The highest BCUT2D eigenvalue weighted by Gasteiger charge is 2.26. The molecule has 0 aromatic rings. The van der Waals surface area contributed by atoms with E-state index in [1.807, 2.05) is 0 Å². The van der Waals surface area contributed by atoms with Crippen molar-refractivity contribution in [3.05, 3.63) is 0 Å². The maximum absolute atomic E-state index is 11.8. The van der Waals surface area contributed by atoms with Gasteiger partial charge in [-0.3, -0.25) is 9.63 Å². The summed E-state index contributed by atoms with van der Waals surface area (Å²) in [6, 6.07) is -0.0338. The van der Waals surface area contributed by atoms with Gasteiger partial charge >= 0.3 is 0 Å². The maximum atomic E-state index is 11.8. The van der Waals surface area contributed by atoms with Gasteiger partial charge in [0.25, 0.3) is 0 Å². The molecule has 0 heterocycles. The molecular weight excluding hydrogens is 208 g/mol. The van der Waals surface area contributed by atoms with Gasteiger partial charge in [-0.05, 0) is 12.8 Å². The van der Waals surface area contributed by atoms with Gasteiger partial charge < -0.3 is 10.5 Å². The number of nitrogens with one attached hydrogen (secondary N) is 1. The number of rotatable bonds is 5. The monoisotopic (exact) mass is 230 g/mol. The smallest absolute Gasteiger partial charge is 0.248 e. The van der Waals surface area contributed by atoms with E-state index in [1.54, 1.807) is 7.11 Å². The lowest BCUT2D eigenvalue weighted by Gasteiger charge is -2.20. The van der Waals surface area contributed by atoms with Crippen LogP contribution in [0.5, 0.6) is 0 Å². The van der Waals surface area contributed by atoms with E-state index < -0.39 is 0 Å². The zero-order valence-corrected chi connectivity index (χ0v) is 9.91. The largest absolute Gasteiger partial charge is 0.382 e. The van der Waals surface area contributed by atoms with Crippen LogP contribution in [-0.4, -0.2) is 32.3 Å². The van der Waals surface area contributed by atoms with Gasteiger partial charge in [-0.1, -0.05) is 19.3 Å². The second-order valence-electron chi connectivity index (χ2n) is 4.22. The van der Waals surface area contributed by atoms with E-state index in [1.165, 1.54) is 6.42 Å². The third-order valence-electron chi connectivity index (χ3n) is 2.97. The Morgan fingerprint density at radius 2 is 2.06 bits per heavy atom. The number of ether oxygens (including phenoxy) is 1. The average Bonchev–Trinajstić information content (AvgIpc) is 2.49. The fraction of sp³-hybridized carbons (Fsp3) is 0.909. The van der Waals surface area contributed by atoms with Crippen LogP contribution in [0.1, 0.15) is 32.1 Å². The molecule has 0 spiro atoms. The fourth-order valence-corrected chi connectivity index (χ4v) is 1.98. The number of carbonyl (C=O) groups is 1. The van der Waals surface area contributed by atoms with Crippen molar-refractivity contribution in [3.8, 4) is 0 Å². The number of carbonyl (C=O) groups excluding carboxylic acids is 1. The molecule has 94 valence electrons. The van der Waals surface area contributed by atoms with Crippen LogP contribution in [0.3, 0.4) is 0 Å². The highest BCUT2D eigenvalue weighted by Crippen LogP contribution is 2.22. The van der Waals surface area contributed by atoms with Gasteiger partial charge in [0.15, 0.2) is 0 Å². The van der Waals surface area contributed by atoms with Crippen LogP contribution in [-0.2, 0) is 14.4 Å². The summed E-state index contributed by atoms with van der Waals surface area (Å²) in [5, 5.41) is 0. The summed E-state index contributed by atoms with van der Waals surface area (Å²) in [7, 11) is 1.59. The van der Waals surface area contributed by atoms with Crippen molar-refractivity contribution in [1.29, 1.82) is 0 Å². The van der Waals surface area contributed by atoms with Crippen LogP contribution in [0.4, 0.5) is 0 Å². The van der Waals surface area contributed by atoms with E-state index in [0.717, 1.165) is 25.7 Å². The van der Waals surface area contributed by atoms with Crippen LogP contribution in [0.25, 0.3) is 0 Å². The molecule has 16 heavy (non-hydrogen) atoms. The van der Waals surface area contributed by atoms with E-state index >= 15 is 0 Å². The van der Waals surface area contributed by atoms with E-state index in [9.17, 15) is 4.79 Å². The van der Waals surface area contributed by atoms with Gasteiger partial charge in [-0.15, -0.1) is 0 Å². The predicted molar refractivity (Wildman–Crippen MR) is 60.5 cm³/mol. The van der Waals surface area contributed by atoms with Crippen molar-refractivity contribution in [3.63, 3.8) is 0 Å². The Morgan fingerprint density at radius 1 is 1.31 bits per heavy atom. The molecular formula is C11H22N2O3. The van der Waals surface area contributed by atoms with Crippen LogP contribution < -0.4 is 11.2 Å². The second-order valence-corrected chi connectivity index (χ2v) is 4.22. The Hall–Kier alpha value is -0.650. The molecule has 1 aliphatic rings. The molecule has 0 aromatic carbocycles. The van der Waals surface area contributed by atoms with Gasteiger partial charge in [-0.25, -0.2) is 5.48 Å². The molecule has 2 unspecified atom stereocenters. The lowest BCUT2D eigenvalue weighted by molar-refractivity contribution is -0.139. The van der Waals surface area contributed by atoms with Crippen molar-refractivity contribution in [2.45, 2.75) is 38.1 Å². The number of nitrogens with two attached hydrogens (primary N) is 1. The number of hydrogen-bond acceptors (Lipinski definition) is 4. The van der Waals surface area contributed by atoms with Crippen LogP contribution in [0.15, 0.2) is 0 Å². The summed E-state index contributed by atoms with van der Waals surface area (Å²) in [5.41, 5.74) is 8.42.